The molecule has 0 unspecified atom stereocenters. The third kappa shape index (κ3) is 8.82. The number of hydrogen-bond donors (Lipinski definition) is 0. The summed E-state index contributed by atoms with van der Waals surface area (Å²) in [4.78, 5) is 9.75. The van der Waals surface area contributed by atoms with Crippen LogP contribution in [0.2, 0.25) is 0 Å². The van der Waals surface area contributed by atoms with Crippen LogP contribution in [0.4, 0.5) is 0 Å². The first-order chi connectivity index (χ1) is 6.16. The highest BCUT2D eigenvalue weighted by Gasteiger charge is 1.79. The molecule has 0 amide bonds. The monoisotopic (exact) mass is 242 g/mol. The molecular weight excluding hydrogens is 232 g/mol. The third-order valence-corrected chi connectivity index (χ3v) is 1.51. The Morgan fingerprint density at radius 1 is 1.46 bits per heavy atom. The van der Waals surface area contributed by atoms with Crippen molar-refractivity contribution in [3.05, 3.63) is 47.6 Å². The van der Waals surface area contributed by atoms with Crippen molar-refractivity contribution in [2.24, 2.45) is 0 Å². The molecule has 0 saturated carbocycles. The van der Waals surface area contributed by atoms with E-state index in [4.69, 9.17) is 0 Å². The SMILES string of the molecule is Brc1ccccc1.C=COC(C)=O. The first-order valence-electron chi connectivity index (χ1n) is 3.65. The molecule has 0 aliphatic rings. The number of hydrogen-bond acceptors (Lipinski definition) is 2. The summed E-state index contributed by atoms with van der Waals surface area (Å²) in [6.45, 7) is 4.48. The van der Waals surface area contributed by atoms with Crippen molar-refractivity contribution in [3.8, 4) is 0 Å². The lowest BCUT2D eigenvalue weighted by Gasteiger charge is -1.83. The van der Waals surface area contributed by atoms with Crippen molar-refractivity contribution in [1.29, 1.82) is 0 Å². The fraction of sp³-hybridized carbons (Fsp3) is 0.100. The summed E-state index contributed by atoms with van der Waals surface area (Å²) in [5, 5.41) is 0. The first-order valence-corrected chi connectivity index (χ1v) is 4.44. The van der Waals surface area contributed by atoms with Gasteiger partial charge in [-0.05, 0) is 12.1 Å². The molecule has 1 rings (SSSR count). The fourth-order valence-corrected chi connectivity index (χ4v) is 0.837. The van der Waals surface area contributed by atoms with Gasteiger partial charge in [0.2, 0.25) is 0 Å². The van der Waals surface area contributed by atoms with Crippen molar-refractivity contribution in [2.75, 3.05) is 0 Å². The quantitative estimate of drug-likeness (QED) is 0.559. The van der Waals surface area contributed by atoms with Crippen LogP contribution in [0, 0.1) is 0 Å². The molecule has 0 heterocycles. The lowest BCUT2D eigenvalue weighted by atomic mass is 10.4. The minimum absolute atomic E-state index is 0.329. The summed E-state index contributed by atoms with van der Waals surface area (Å²) < 4.78 is 5.30. The van der Waals surface area contributed by atoms with Crippen LogP contribution in [-0.2, 0) is 9.53 Å². The van der Waals surface area contributed by atoms with E-state index in [0.717, 1.165) is 10.7 Å². The van der Waals surface area contributed by atoms with Gasteiger partial charge in [-0.15, -0.1) is 0 Å². The molecule has 0 bridgehead atoms. The van der Waals surface area contributed by atoms with E-state index in [9.17, 15) is 4.79 Å². The van der Waals surface area contributed by atoms with Gasteiger partial charge in [-0.25, -0.2) is 0 Å². The van der Waals surface area contributed by atoms with Crippen LogP contribution in [0.5, 0.6) is 0 Å². The molecule has 0 aliphatic heterocycles. The summed E-state index contributed by atoms with van der Waals surface area (Å²) in [5.41, 5.74) is 0. The number of benzene rings is 1. The molecule has 0 spiro atoms. The van der Waals surface area contributed by atoms with Crippen molar-refractivity contribution in [2.45, 2.75) is 6.92 Å². The van der Waals surface area contributed by atoms with Crippen LogP contribution >= 0.6 is 15.9 Å². The second kappa shape index (κ2) is 7.55. The second-order valence-corrected chi connectivity index (χ2v) is 2.99. The van der Waals surface area contributed by atoms with Gasteiger partial charge in [0.25, 0.3) is 0 Å². The normalized spacial score (nSPS) is 7.85. The van der Waals surface area contributed by atoms with Crippen LogP contribution in [0.3, 0.4) is 0 Å². The largest absolute Gasteiger partial charge is 0.435 e. The van der Waals surface area contributed by atoms with Gasteiger partial charge in [-0.2, -0.15) is 0 Å². The molecule has 0 fully saturated rings. The van der Waals surface area contributed by atoms with Gasteiger partial charge in [0.05, 0.1) is 6.26 Å². The Hall–Kier alpha value is -1.09. The number of carbonyl (C=O) groups excluding carboxylic acids is 1. The average molecular weight is 243 g/mol. The van der Waals surface area contributed by atoms with Crippen molar-refractivity contribution >= 4 is 21.9 Å². The van der Waals surface area contributed by atoms with Crippen LogP contribution in [0.15, 0.2) is 47.6 Å². The van der Waals surface area contributed by atoms with Gasteiger partial charge in [-0.1, -0.05) is 40.7 Å². The first kappa shape index (κ1) is 11.9. The molecular formula is C10H11BrO2. The van der Waals surface area contributed by atoms with Gasteiger partial charge in [-0.3, -0.25) is 4.79 Å². The highest BCUT2D eigenvalue weighted by molar-refractivity contribution is 9.10. The maximum Gasteiger partial charge on any atom is 0.307 e. The minimum atomic E-state index is -0.329. The number of halogens is 1. The molecule has 13 heavy (non-hydrogen) atoms. The Bertz CT molecular complexity index is 257. The summed E-state index contributed by atoms with van der Waals surface area (Å²) >= 11 is 3.31. The van der Waals surface area contributed by atoms with Gasteiger partial charge >= 0.3 is 5.97 Å². The van der Waals surface area contributed by atoms with E-state index in [-0.39, 0.29) is 5.97 Å². The van der Waals surface area contributed by atoms with E-state index in [2.05, 4.69) is 27.2 Å². The lowest BCUT2D eigenvalue weighted by Crippen LogP contribution is -1.87. The zero-order valence-corrected chi connectivity index (χ0v) is 8.95. The lowest BCUT2D eigenvalue weighted by molar-refractivity contribution is -0.135. The molecule has 70 valence electrons. The molecule has 0 radical (unpaired) electrons. The highest BCUT2D eigenvalue weighted by atomic mass is 79.9. The maximum atomic E-state index is 9.75. The summed E-state index contributed by atoms with van der Waals surface area (Å²) in [5.74, 6) is -0.329. The molecule has 0 saturated heterocycles. The van der Waals surface area contributed by atoms with E-state index in [0.29, 0.717) is 0 Å². The van der Waals surface area contributed by atoms with Crippen LogP contribution < -0.4 is 0 Å². The predicted molar refractivity (Wildman–Crippen MR) is 56.1 cm³/mol. The van der Waals surface area contributed by atoms with Crippen LogP contribution in [0.1, 0.15) is 6.92 Å². The Morgan fingerprint density at radius 2 is 2.00 bits per heavy atom. The van der Waals surface area contributed by atoms with E-state index in [1.54, 1.807) is 0 Å². The number of carbonyl (C=O) groups is 1. The zero-order valence-electron chi connectivity index (χ0n) is 7.37. The van der Waals surface area contributed by atoms with E-state index in [1.165, 1.54) is 6.92 Å². The summed E-state index contributed by atoms with van der Waals surface area (Å²) in [6.07, 6.45) is 1.10. The predicted octanol–water partition coefficient (Wildman–Crippen LogP) is 3.14. The molecule has 1 aromatic carbocycles. The molecule has 0 aromatic heterocycles. The molecule has 0 aliphatic carbocycles. The van der Waals surface area contributed by atoms with Crippen LogP contribution in [-0.4, -0.2) is 5.97 Å². The van der Waals surface area contributed by atoms with E-state index in [1.807, 2.05) is 30.3 Å². The molecule has 3 heteroatoms. The Morgan fingerprint density at radius 3 is 2.15 bits per heavy atom. The van der Waals surface area contributed by atoms with Crippen molar-refractivity contribution < 1.29 is 9.53 Å². The van der Waals surface area contributed by atoms with Crippen LogP contribution in [0.25, 0.3) is 0 Å². The average Bonchev–Trinajstić information content (AvgIpc) is 2.06. The van der Waals surface area contributed by atoms with Crippen molar-refractivity contribution in [3.63, 3.8) is 0 Å². The van der Waals surface area contributed by atoms with Gasteiger partial charge < -0.3 is 4.74 Å². The Kier molecular flexibility index (Phi) is 6.92. The third-order valence-electron chi connectivity index (χ3n) is 0.982. The standard InChI is InChI=1S/C6H5Br.C4H6O2/c7-6-4-2-1-3-5-6;1-3-6-4(2)5/h1-5H;3H,1H2,2H3. The molecule has 0 N–H and O–H groups in total. The summed E-state index contributed by atoms with van der Waals surface area (Å²) in [6, 6.07) is 9.97. The van der Waals surface area contributed by atoms with Gasteiger partial charge in [0.15, 0.2) is 0 Å². The molecule has 2 nitrogen and oxygen atoms in total. The van der Waals surface area contributed by atoms with Crippen molar-refractivity contribution in [1.82, 2.24) is 0 Å². The number of ether oxygens (including phenoxy) is 1. The topological polar surface area (TPSA) is 26.3 Å². The van der Waals surface area contributed by atoms with E-state index < -0.39 is 0 Å². The second-order valence-electron chi connectivity index (χ2n) is 2.07. The van der Waals surface area contributed by atoms with E-state index >= 15 is 0 Å². The maximum absolute atomic E-state index is 9.75. The number of esters is 1. The molecule has 1 aromatic rings. The zero-order chi connectivity index (χ0) is 10.1. The Balaban J connectivity index is 0.000000226. The smallest absolute Gasteiger partial charge is 0.307 e. The fourth-order valence-electron chi connectivity index (χ4n) is 0.532. The number of rotatable bonds is 1. The minimum Gasteiger partial charge on any atom is -0.435 e. The summed E-state index contributed by atoms with van der Waals surface area (Å²) in [7, 11) is 0. The molecule has 0 atom stereocenters. The Labute approximate surface area is 86.4 Å². The van der Waals surface area contributed by atoms with Gasteiger partial charge in [0.1, 0.15) is 0 Å². The van der Waals surface area contributed by atoms with Gasteiger partial charge in [0, 0.05) is 11.4 Å². The highest BCUT2D eigenvalue weighted by Crippen LogP contribution is 2.05.